The molecule has 3 heterocycles. The fourth-order valence-corrected chi connectivity index (χ4v) is 4.13. The zero-order valence-corrected chi connectivity index (χ0v) is 23.9. The highest BCUT2D eigenvalue weighted by Crippen LogP contribution is 2.37. The largest absolute Gasteiger partial charge is 0.481 e. The molecule has 0 unspecified atom stereocenters. The zero-order valence-electron chi connectivity index (χ0n) is 23.9. The molecule has 14 heteroatoms. The number of hydrogen-bond donors (Lipinski definition) is 2. The summed E-state index contributed by atoms with van der Waals surface area (Å²) in [5.74, 6) is 1.64. The minimum atomic E-state index is -0.713. The summed E-state index contributed by atoms with van der Waals surface area (Å²) in [7, 11) is 3.52. The number of hydrogen-bond acceptors (Lipinski definition) is 13. The monoisotopic (exact) mass is 566 g/mol. The van der Waals surface area contributed by atoms with Gasteiger partial charge in [-0.15, -0.1) is 0 Å². The van der Waals surface area contributed by atoms with Gasteiger partial charge in [0.25, 0.3) is 5.91 Å². The summed E-state index contributed by atoms with van der Waals surface area (Å²) in [6.45, 7) is 14.2. The number of amides is 1. The number of nitrogens with one attached hydrogen (secondary N) is 1. The number of morpholine rings is 1. The van der Waals surface area contributed by atoms with Crippen molar-refractivity contribution in [2.45, 2.75) is 13.3 Å². The summed E-state index contributed by atoms with van der Waals surface area (Å²) in [6.07, 6.45) is 5.19. The fourth-order valence-electron chi connectivity index (χ4n) is 4.13. The first-order valence-electron chi connectivity index (χ1n) is 13.2. The minimum absolute atomic E-state index is 0.0925. The molecule has 1 amide bonds. The Bertz CT molecular complexity index is 1230. The number of nitrogens with zero attached hydrogens (tertiary/aromatic N) is 9. The van der Waals surface area contributed by atoms with E-state index in [0.29, 0.717) is 75.1 Å². The van der Waals surface area contributed by atoms with E-state index in [4.69, 9.17) is 24.6 Å². The van der Waals surface area contributed by atoms with Crippen molar-refractivity contribution in [2.24, 2.45) is 15.0 Å². The normalized spacial score (nSPS) is 13.9. The van der Waals surface area contributed by atoms with Crippen LogP contribution < -0.4 is 20.0 Å². The standard InChI is InChI=1S/C27H38N10O4/c1-6-9-36(19-30-17-21(16-28-2)27(38)34-39)11-10-35(4)25-23(29-3)26(37-12-14-41-15-13-37)33-24(32-25)20-7-8-22(40-5)31-18-20/h7-8,16-18,39H,2-3,6,9-15,19H2,1,4-5H3,(H,34,38)/b21-16+,30-17-. The molecule has 220 valence electrons. The van der Waals surface area contributed by atoms with Crippen LogP contribution in [-0.4, -0.2) is 117 Å². The number of aromatic nitrogens is 3. The molecule has 0 aromatic carbocycles. The predicted molar refractivity (Wildman–Crippen MR) is 160 cm³/mol. The van der Waals surface area contributed by atoms with Crippen LogP contribution in [0.1, 0.15) is 13.3 Å². The topological polar surface area (TPSA) is 153 Å². The number of carbonyl (C=O) groups is 1. The van der Waals surface area contributed by atoms with Gasteiger partial charge in [0.1, 0.15) is 5.69 Å². The number of hydroxylamine groups is 1. The van der Waals surface area contributed by atoms with E-state index in [1.165, 1.54) is 12.4 Å². The molecule has 0 spiro atoms. The zero-order chi connectivity index (χ0) is 29.6. The first-order valence-corrected chi connectivity index (χ1v) is 13.2. The molecule has 1 fully saturated rings. The van der Waals surface area contributed by atoms with Gasteiger partial charge in [0, 0.05) is 63.5 Å². The Morgan fingerprint density at radius 1 is 1.24 bits per heavy atom. The van der Waals surface area contributed by atoms with Crippen molar-refractivity contribution in [1.29, 1.82) is 0 Å². The molecule has 2 aromatic rings. The summed E-state index contributed by atoms with van der Waals surface area (Å²) < 4.78 is 10.8. The maximum absolute atomic E-state index is 11.8. The maximum atomic E-state index is 11.8. The van der Waals surface area contributed by atoms with Crippen LogP contribution in [0.2, 0.25) is 0 Å². The van der Waals surface area contributed by atoms with Crippen LogP contribution in [0.5, 0.6) is 5.88 Å². The number of anilines is 2. The third kappa shape index (κ3) is 8.61. The minimum Gasteiger partial charge on any atom is -0.481 e. The van der Waals surface area contributed by atoms with Crippen LogP contribution in [0.25, 0.3) is 11.4 Å². The van der Waals surface area contributed by atoms with Crippen molar-refractivity contribution in [3.05, 3.63) is 30.1 Å². The van der Waals surface area contributed by atoms with Gasteiger partial charge < -0.3 is 19.3 Å². The highest BCUT2D eigenvalue weighted by atomic mass is 16.5. The third-order valence-electron chi connectivity index (χ3n) is 6.28. The SMILES string of the molecule is C=N/C=C(\C=N/CN(CCC)CCN(C)c1nc(-c2ccc(OC)nc2)nc(N2CCOCC2)c1N=C)C(=O)NO. The van der Waals surface area contributed by atoms with Crippen LogP contribution in [-0.2, 0) is 9.53 Å². The molecule has 0 saturated carbocycles. The van der Waals surface area contributed by atoms with Gasteiger partial charge in [0.2, 0.25) is 5.88 Å². The lowest BCUT2D eigenvalue weighted by Gasteiger charge is -2.31. The van der Waals surface area contributed by atoms with E-state index in [0.717, 1.165) is 18.5 Å². The molecule has 1 saturated heterocycles. The Morgan fingerprint density at radius 2 is 2.02 bits per heavy atom. The van der Waals surface area contributed by atoms with Gasteiger partial charge in [-0.2, -0.15) is 0 Å². The third-order valence-corrected chi connectivity index (χ3v) is 6.28. The van der Waals surface area contributed by atoms with Crippen LogP contribution >= 0.6 is 0 Å². The van der Waals surface area contributed by atoms with Crippen LogP contribution in [0.15, 0.2) is 45.1 Å². The number of aliphatic imine (C=N–C) groups is 3. The number of methoxy groups -OCH3 is 1. The fraction of sp³-hybridized carbons (Fsp3) is 0.444. The first-order chi connectivity index (χ1) is 19.9. The molecule has 0 radical (unpaired) electrons. The van der Waals surface area contributed by atoms with Crippen LogP contribution in [0, 0.1) is 0 Å². The molecule has 2 aromatic heterocycles. The molecule has 3 rings (SSSR count). The van der Waals surface area contributed by atoms with Crippen molar-refractivity contribution in [3.8, 4) is 17.3 Å². The molecule has 1 aliphatic heterocycles. The van der Waals surface area contributed by atoms with Gasteiger partial charge in [0.15, 0.2) is 17.5 Å². The van der Waals surface area contributed by atoms with Crippen molar-refractivity contribution in [1.82, 2.24) is 25.3 Å². The summed E-state index contributed by atoms with van der Waals surface area (Å²) in [5, 5.41) is 8.92. The van der Waals surface area contributed by atoms with Crippen molar-refractivity contribution in [2.75, 3.05) is 76.6 Å². The lowest BCUT2D eigenvalue weighted by Crippen LogP contribution is -2.37. The van der Waals surface area contributed by atoms with Gasteiger partial charge in [-0.05, 0) is 32.5 Å². The Labute approximate surface area is 240 Å². The quantitative estimate of drug-likeness (QED) is 0.142. The molecule has 41 heavy (non-hydrogen) atoms. The Hall–Kier alpha value is -4.27. The van der Waals surface area contributed by atoms with E-state index < -0.39 is 5.91 Å². The van der Waals surface area contributed by atoms with Crippen molar-refractivity contribution >= 4 is 42.9 Å². The lowest BCUT2D eigenvalue weighted by molar-refractivity contribution is -0.124. The number of rotatable bonds is 15. The molecule has 1 aliphatic rings. The van der Waals surface area contributed by atoms with Gasteiger partial charge in [-0.25, -0.2) is 20.4 Å². The molecule has 0 aliphatic carbocycles. The van der Waals surface area contributed by atoms with E-state index in [9.17, 15) is 4.79 Å². The second-order valence-corrected chi connectivity index (χ2v) is 9.09. The second-order valence-electron chi connectivity index (χ2n) is 9.09. The van der Waals surface area contributed by atoms with E-state index >= 15 is 0 Å². The predicted octanol–water partition coefficient (Wildman–Crippen LogP) is 1.98. The van der Waals surface area contributed by atoms with Crippen LogP contribution in [0.3, 0.4) is 0 Å². The van der Waals surface area contributed by atoms with E-state index in [-0.39, 0.29) is 5.57 Å². The van der Waals surface area contributed by atoms with E-state index in [1.807, 2.05) is 18.0 Å². The molecule has 2 N–H and O–H groups in total. The summed E-state index contributed by atoms with van der Waals surface area (Å²) in [4.78, 5) is 44.5. The summed E-state index contributed by atoms with van der Waals surface area (Å²) in [5.41, 5.74) is 3.02. The van der Waals surface area contributed by atoms with Crippen LogP contribution in [0.4, 0.5) is 17.3 Å². The number of likely N-dealkylation sites (N-methyl/N-ethyl adjacent to an activating group) is 1. The number of carbonyl (C=O) groups excluding carboxylic acids is 1. The average molecular weight is 567 g/mol. The molecular weight excluding hydrogens is 528 g/mol. The van der Waals surface area contributed by atoms with Gasteiger partial charge in [0.05, 0.1) is 32.6 Å². The van der Waals surface area contributed by atoms with Gasteiger partial charge in [-0.1, -0.05) is 6.92 Å². The van der Waals surface area contributed by atoms with Gasteiger partial charge >= 0.3 is 0 Å². The van der Waals surface area contributed by atoms with Crippen molar-refractivity contribution in [3.63, 3.8) is 0 Å². The first kappa shape index (κ1) is 31.3. The van der Waals surface area contributed by atoms with E-state index in [2.05, 4.69) is 50.1 Å². The lowest BCUT2D eigenvalue weighted by atomic mass is 10.2. The van der Waals surface area contributed by atoms with Crippen molar-refractivity contribution < 1.29 is 19.5 Å². The molecule has 0 atom stereocenters. The smallest absolute Gasteiger partial charge is 0.277 e. The Balaban J connectivity index is 1.87. The summed E-state index contributed by atoms with van der Waals surface area (Å²) >= 11 is 0. The molecule has 14 nitrogen and oxygen atoms in total. The highest BCUT2D eigenvalue weighted by molar-refractivity contribution is 6.11. The number of ether oxygens (including phenoxy) is 2. The molecular formula is C27H38N10O4. The Morgan fingerprint density at radius 3 is 2.63 bits per heavy atom. The van der Waals surface area contributed by atoms with Gasteiger partial charge in [-0.3, -0.25) is 29.9 Å². The second kappa shape index (κ2) is 16.1. The highest BCUT2D eigenvalue weighted by Gasteiger charge is 2.24. The molecule has 0 bridgehead atoms. The Kier molecular flexibility index (Phi) is 12.3. The summed E-state index contributed by atoms with van der Waals surface area (Å²) in [6, 6.07) is 3.65. The number of pyridine rings is 1. The van der Waals surface area contributed by atoms with E-state index in [1.54, 1.807) is 24.9 Å². The maximum Gasteiger partial charge on any atom is 0.277 e. The average Bonchev–Trinajstić information content (AvgIpc) is 3.02.